The standard InChI is InChI=1S/C29H32N2O6/c1-5-35-28(34)26-24(25-20(32)14-29(3,4)15-22(25)37-27(26)30)19-8-6-7-9-21(19)36-16-23(33)31-18-12-10-17(2)11-13-18/h6-13,24H,5,14-16,30H2,1-4H3,(H,31,33). The number of hydrogen-bond acceptors (Lipinski definition) is 7. The average molecular weight is 505 g/mol. The lowest BCUT2D eigenvalue weighted by Crippen LogP contribution is -2.36. The van der Waals surface area contributed by atoms with E-state index in [4.69, 9.17) is 19.9 Å². The van der Waals surface area contributed by atoms with Crippen LogP contribution in [0.1, 0.15) is 50.7 Å². The molecule has 0 spiro atoms. The molecule has 2 aliphatic rings. The van der Waals surface area contributed by atoms with E-state index in [-0.39, 0.29) is 41.8 Å². The Kier molecular flexibility index (Phi) is 7.38. The number of nitrogens with one attached hydrogen (secondary N) is 1. The number of amides is 1. The number of benzene rings is 2. The number of esters is 1. The van der Waals surface area contributed by atoms with Gasteiger partial charge in [-0.25, -0.2) is 4.79 Å². The molecular weight excluding hydrogens is 472 g/mol. The van der Waals surface area contributed by atoms with Gasteiger partial charge in [0.1, 0.15) is 17.1 Å². The Bertz CT molecular complexity index is 1290. The van der Waals surface area contributed by atoms with E-state index < -0.39 is 11.9 Å². The predicted molar refractivity (Wildman–Crippen MR) is 138 cm³/mol. The zero-order valence-electron chi connectivity index (χ0n) is 21.6. The number of ether oxygens (including phenoxy) is 3. The molecule has 2 aromatic carbocycles. The van der Waals surface area contributed by atoms with E-state index in [1.807, 2.05) is 45.0 Å². The van der Waals surface area contributed by atoms with Gasteiger partial charge in [0.15, 0.2) is 12.4 Å². The van der Waals surface area contributed by atoms with Crippen LogP contribution in [0.3, 0.4) is 0 Å². The number of rotatable bonds is 7. The van der Waals surface area contributed by atoms with Gasteiger partial charge < -0.3 is 25.3 Å². The van der Waals surface area contributed by atoms with Gasteiger partial charge in [0, 0.05) is 29.7 Å². The van der Waals surface area contributed by atoms with Crippen LogP contribution in [0.25, 0.3) is 0 Å². The average Bonchev–Trinajstić information content (AvgIpc) is 2.83. The molecule has 0 aromatic heterocycles. The number of carbonyl (C=O) groups excluding carboxylic acids is 3. The molecule has 3 N–H and O–H groups in total. The van der Waals surface area contributed by atoms with E-state index in [1.54, 1.807) is 31.2 Å². The van der Waals surface area contributed by atoms with Gasteiger partial charge in [-0.15, -0.1) is 0 Å². The highest BCUT2D eigenvalue weighted by atomic mass is 16.5. The Morgan fingerprint density at radius 2 is 1.81 bits per heavy atom. The number of Topliss-reactive ketones (excluding diaryl/α,β-unsaturated/α-hetero) is 1. The van der Waals surface area contributed by atoms with Crippen molar-refractivity contribution < 1.29 is 28.6 Å². The molecule has 1 atom stereocenters. The molecule has 1 aliphatic carbocycles. The van der Waals surface area contributed by atoms with Crippen molar-refractivity contribution in [2.24, 2.45) is 11.1 Å². The normalized spacial score (nSPS) is 18.6. The van der Waals surface area contributed by atoms with Crippen LogP contribution in [-0.4, -0.2) is 30.9 Å². The van der Waals surface area contributed by atoms with Crippen molar-refractivity contribution in [3.8, 4) is 5.75 Å². The second kappa shape index (κ2) is 10.5. The monoisotopic (exact) mass is 504 g/mol. The Balaban J connectivity index is 1.68. The van der Waals surface area contributed by atoms with Gasteiger partial charge in [0.2, 0.25) is 5.88 Å². The fourth-order valence-electron chi connectivity index (χ4n) is 4.73. The van der Waals surface area contributed by atoms with Crippen molar-refractivity contribution in [2.45, 2.75) is 46.5 Å². The van der Waals surface area contributed by atoms with E-state index in [0.29, 0.717) is 41.2 Å². The molecule has 4 rings (SSSR count). The molecule has 0 saturated carbocycles. The minimum atomic E-state index is -0.845. The van der Waals surface area contributed by atoms with Crippen molar-refractivity contribution in [3.63, 3.8) is 0 Å². The van der Waals surface area contributed by atoms with Gasteiger partial charge in [-0.1, -0.05) is 49.7 Å². The number of anilines is 1. The molecule has 0 radical (unpaired) electrons. The minimum Gasteiger partial charge on any atom is -0.483 e. The smallest absolute Gasteiger partial charge is 0.340 e. The molecule has 194 valence electrons. The maximum absolute atomic E-state index is 13.4. The maximum Gasteiger partial charge on any atom is 0.340 e. The highest BCUT2D eigenvalue weighted by Crippen LogP contribution is 2.49. The van der Waals surface area contributed by atoms with Gasteiger partial charge in [0.05, 0.1) is 12.5 Å². The van der Waals surface area contributed by atoms with Gasteiger partial charge in [-0.05, 0) is 37.5 Å². The zero-order valence-corrected chi connectivity index (χ0v) is 21.6. The van der Waals surface area contributed by atoms with Crippen molar-refractivity contribution in [1.82, 2.24) is 0 Å². The molecule has 0 saturated heterocycles. The van der Waals surface area contributed by atoms with E-state index in [9.17, 15) is 14.4 Å². The first-order valence-electron chi connectivity index (χ1n) is 12.3. The van der Waals surface area contributed by atoms with Gasteiger partial charge in [-0.2, -0.15) is 0 Å². The first-order valence-corrected chi connectivity index (χ1v) is 12.3. The number of carbonyl (C=O) groups is 3. The summed E-state index contributed by atoms with van der Waals surface area (Å²) in [5, 5.41) is 2.80. The molecule has 1 amide bonds. The van der Waals surface area contributed by atoms with Crippen LogP contribution in [0.2, 0.25) is 0 Å². The highest BCUT2D eigenvalue weighted by Gasteiger charge is 2.45. The van der Waals surface area contributed by atoms with Crippen LogP contribution in [0.4, 0.5) is 5.69 Å². The number of para-hydroxylation sites is 1. The molecule has 1 heterocycles. The lowest BCUT2D eigenvalue weighted by atomic mass is 9.70. The second-order valence-corrected chi connectivity index (χ2v) is 10.1. The lowest BCUT2D eigenvalue weighted by Gasteiger charge is -2.38. The van der Waals surface area contributed by atoms with Crippen molar-refractivity contribution in [2.75, 3.05) is 18.5 Å². The van der Waals surface area contributed by atoms with Crippen molar-refractivity contribution in [3.05, 3.63) is 82.4 Å². The van der Waals surface area contributed by atoms with Crippen LogP contribution >= 0.6 is 0 Å². The van der Waals surface area contributed by atoms with E-state index >= 15 is 0 Å². The van der Waals surface area contributed by atoms with Gasteiger partial charge in [-0.3, -0.25) is 9.59 Å². The number of ketones is 1. The van der Waals surface area contributed by atoms with E-state index in [2.05, 4.69) is 5.32 Å². The molecule has 8 nitrogen and oxygen atoms in total. The summed E-state index contributed by atoms with van der Waals surface area (Å²) in [6.07, 6.45) is 0.785. The summed E-state index contributed by atoms with van der Waals surface area (Å²) in [6, 6.07) is 14.4. The largest absolute Gasteiger partial charge is 0.483 e. The van der Waals surface area contributed by atoms with Crippen LogP contribution < -0.4 is 15.8 Å². The van der Waals surface area contributed by atoms with Gasteiger partial charge in [0.25, 0.3) is 5.91 Å². The quantitative estimate of drug-likeness (QED) is 0.533. The third kappa shape index (κ3) is 5.69. The topological polar surface area (TPSA) is 117 Å². The van der Waals surface area contributed by atoms with E-state index in [1.165, 1.54) is 0 Å². The molecule has 2 aromatic rings. The summed E-state index contributed by atoms with van der Waals surface area (Å²) in [4.78, 5) is 39.0. The Morgan fingerprint density at radius 1 is 1.11 bits per heavy atom. The maximum atomic E-state index is 13.4. The minimum absolute atomic E-state index is 0.0498. The van der Waals surface area contributed by atoms with Crippen LogP contribution in [0.15, 0.2) is 71.3 Å². The van der Waals surface area contributed by atoms with Crippen LogP contribution in [0.5, 0.6) is 5.75 Å². The molecule has 1 aliphatic heterocycles. The summed E-state index contributed by atoms with van der Waals surface area (Å²) in [6.45, 7) is 7.49. The number of aryl methyl sites for hydroxylation is 1. The van der Waals surface area contributed by atoms with Crippen molar-refractivity contribution in [1.29, 1.82) is 0 Å². The van der Waals surface area contributed by atoms with Gasteiger partial charge >= 0.3 is 5.97 Å². The predicted octanol–water partition coefficient (Wildman–Crippen LogP) is 4.50. The molecular formula is C29H32N2O6. The fraction of sp³-hybridized carbons (Fsp3) is 0.345. The third-order valence-corrected chi connectivity index (χ3v) is 6.37. The molecule has 37 heavy (non-hydrogen) atoms. The third-order valence-electron chi connectivity index (χ3n) is 6.37. The summed E-state index contributed by atoms with van der Waals surface area (Å²) in [7, 11) is 0. The first kappa shape index (κ1) is 26.0. The first-order chi connectivity index (χ1) is 17.6. The Hall–Kier alpha value is -4.07. The summed E-state index contributed by atoms with van der Waals surface area (Å²) >= 11 is 0. The molecule has 8 heteroatoms. The number of hydrogen-bond donors (Lipinski definition) is 2. The lowest BCUT2D eigenvalue weighted by molar-refractivity contribution is -0.139. The van der Waals surface area contributed by atoms with E-state index in [0.717, 1.165) is 5.56 Å². The second-order valence-electron chi connectivity index (χ2n) is 10.1. The Labute approximate surface area is 216 Å². The zero-order chi connectivity index (χ0) is 26.7. The summed E-state index contributed by atoms with van der Waals surface area (Å²) < 4.78 is 17.1. The highest BCUT2D eigenvalue weighted by molar-refractivity contribution is 6.04. The van der Waals surface area contributed by atoms with Crippen molar-refractivity contribution >= 4 is 23.3 Å². The van der Waals surface area contributed by atoms with Crippen LogP contribution in [-0.2, 0) is 23.9 Å². The molecule has 0 bridgehead atoms. The van der Waals surface area contributed by atoms with Crippen LogP contribution in [0, 0.1) is 12.3 Å². The summed E-state index contributed by atoms with van der Waals surface area (Å²) in [5.41, 5.74) is 8.63. The summed E-state index contributed by atoms with van der Waals surface area (Å²) in [5.74, 6) is -1.28. The number of nitrogens with two attached hydrogens (primary N) is 1. The molecule has 0 fully saturated rings. The molecule has 1 unspecified atom stereocenters. The number of allylic oxidation sites excluding steroid dienone is 2. The fourth-order valence-corrected chi connectivity index (χ4v) is 4.73. The SMILES string of the molecule is CCOC(=O)C1=C(N)OC2=C(C(=O)CC(C)(C)C2)C1c1ccccc1OCC(=O)Nc1ccc(C)cc1. The Morgan fingerprint density at radius 3 is 2.51 bits per heavy atom.